The zero-order valence-corrected chi connectivity index (χ0v) is 35.3. The quantitative estimate of drug-likeness (QED) is 0.154. The molecular weight excluding hydrogens is 757 g/mol. The van der Waals surface area contributed by atoms with Gasteiger partial charge >= 0.3 is 0 Å². The number of benzene rings is 1. The van der Waals surface area contributed by atoms with Crippen LogP contribution in [0.1, 0.15) is 113 Å². The van der Waals surface area contributed by atoms with Gasteiger partial charge in [-0.05, 0) is 113 Å². The lowest BCUT2D eigenvalue weighted by molar-refractivity contribution is -0.135. The molecule has 1 aromatic carbocycles. The van der Waals surface area contributed by atoms with Crippen LogP contribution in [0.3, 0.4) is 0 Å². The first-order valence-corrected chi connectivity index (χ1v) is 22.2. The number of likely N-dealkylation sites (tertiary alicyclic amines) is 2. The Morgan fingerprint density at radius 2 is 1.73 bits per heavy atom. The molecule has 1 aliphatic carbocycles. The highest BCUT2D eigenvalue weighted by Gasteiger charge is 2.48. The summed E-state index contributed by atoms with van der Waals surface area (Å²) in [5, 5.41) is 35.0. The van der Waals surface area contributed by atoms with Gasteiger partial charge in [0.15, 0.2) is 17.2 Å². The van der Waals surface area contributed by atoms with E-state index in [-0.39, 0.29) is 29.7 Å². The number of aliphatic hydroxyl groups excluding tert-OH is 1. The summed E-state index contributed by atoms with van der Waals surface area (Å²) in [4.78, 5) is 36.1. The fourth-order valence-electron chi connectivity index (χ4n) is 11.3. The van der Waals surface area contributed by atoms with Crippen molar-refractivity contribution in [2.24, 2.45) is 11.3 Å². The molecule has 4 aliphatic heterocycles. The molecule has 1 amide bonds. The number of nitrogens with one attached hydrogen (secondary N) is 1. The third kappa shape index (κ3) is 6.98. The molecule has 1 unspecified atom stereocenters. The van der Waals surface area contributed by atoms with Crippen LogP contribution in [0.2, 0.25) is 0 Å². The van der Waals surface area contributed by atoms with E-state index in [0.29, 0.717) is 47.4 Å². The van der Waals surface area contributed by atoms with Crippen molar-refractivity contribution >= 4 is 28.7 Å². The molecule has 3 N–H and O–H groups in total. The smallest absolute Gasteiger partial charge is 0.234 e. The van der Waals surface area contributed by atoms with E-state index in [1.807, 2.05) is 42.2 Å². The minimum atomic E-state index is -0.459. The molecule has 14 nitrogen and oxygen atoms in total. The molecule has 316 valence electrons. The normalized spacial score (nSPS) is 24.4. The van der Waals surface area contributed by atoms with Gasteiger partial charge in [0, 0.05) is 85.4 Å². The second-order valence-electron chi connectivity index (χ2n) is 18.9. The average molecular weight is 815 g/mol. The Labute approximate surface area is 351 Å². The predicted molar refractivity (Wildman–Crippen MR) is 229 cm³/mol. The maximum Gasteiger partial charge on any atom is 0.234 e. The molecule has 8 heterocycles. The summed E-state index contributed by atoms with van der Waals surface area (Å²) < 4.78 is 5.86. The highest BCUT2D eigenvalue weighted by molar-refractivity contribution is 5.86. The summed E-state index contributed by atoms with van der Waals surface area (Å²) in [6.07, 6.45) is 12.2. The average Bonchev–Trinajstić information content (AvgIpc) is 3.97. The third-order valence-corrected chi connectivity index (χ3v) is 14.9. The van der Waals surface area contributed by atoms with Gasteiger partial charge in [0.2, 0.25) is 11.9 Å². The van der Waals surface area contributed by atoms with Crippen LogP contribution in [0.5, 0.6) is 5.75 Å². The molecular formula is C46H58N10O4. The van der Waals surface area contributed by atoms with Crippen LogP contribution in [0.25, 0.3) is 22.3 Å². The Balaban J connectivity index is 0.714. The van der Waals surface area contributed by atoms with Crippen LogP contribution in [0, 0.1) is 11.3 Å². The van der Waals surface area contributed by atoms with E-state index in [1.54, 1.807) is 6.07 Å². The Bertz CT molecular complexity index is 2340. The van der Waals surface area contributed by atoms with E-state index in [9.17, 15) is 15.0 Å². The fourth-order valence-corrected chi connectivity index (χ4v) is 11.3. The van der Waals surface area contributed by atoms with Crippen molar-refractivity contribution in [1.82, 2.24) is 40.1 Å². The molecule has 0 radical (unpaired) electrons. The summed E-state index contributed by atoms with van der Waals surface area (Å²) in [6, 6.07) is 12.0. The lowest BCUT2D eigenvalue weighted by atomic mass is 9.59. The summed E-state index contributed by atoms with van der Waals surface area (Å²) in [7, 11) is 0. The highest BCUT2D eigenvalue weighted by atomic mass is 16.5. The van der Waals surface area contributed by atoms with Crippen molar-refractivity contribution in [2.45, 2.75) is 115 Å². The third-order valence-electron chi connectivity index (χ3n) is 14.9. The Morgan fingerprint density at radius 1 is 0.983 bits per heavy atom. The number of rotatable bonds is 8. The first-order valence-electron chi connectivity index (χ1n) is 22.2. The number of amides is 1. The second-order valence-corrected chi connectivity index (χ2v) is 18.9. The van der Waals surface area contributed by atoms with Crippen LogP contribution >= 0.6 is 0 Å². The predicted octanol–water partition coefficient (Wildman–Crippen LogP) is 6.58. The van der Waals surface area contributed by atoms with Gasteiger partial charge in [-0.2, -0.15) is 0 Å². The first kappa shape index (κ1) is 39.1. The Kier molecular flexibility index (Phi) is 10.1. The van der Waals surface area contributed by atoms with Gasteiger partial charge < -0.3 is 39.3 Å². The molecule has 5 aliphatic rings. The number of H-pyrrole nitrogens is 1. The minimum Gasteiger partial charge on any atom is -0.507 e. The van der Waals surface area contributed by atoms with Gasteiger partial charge in [-0.3, -0.25) is 4.79 Å². The molecule has 1 saturated carbocycles. The van der Waals surface area contributed by atoms with E-state index >= 15 is 0 Å². The zero-order chi connectivity index (χ0) is 41.3. The number of aromatic hydroxyl groups is 1. The van der Waals surface area contributed by atoms with E-state index in [2.05, 4.69) is 68.2 Å². The minimum absolute atomic E-state index is 0.0255. The fraction of sp³-hybridized carbons (Fsp3) is 0.565. The van der Waals surface area contributed by atoms with Crippen molar-refractivity contribution in [3.05, 3.63) is 71.4 Å². The van der Waals surface area contributed by atoms with Gasteiger partial charge in [-0.1, -0.05) is 31.1 Å². The van der Waals surface area contributed by atoms with Crippen molar-refractivity contribution in [3.8, 4) is 17.0 Å². The number of anilines is 2. The summed E-state index contributed by atoms with van der Waals surface area (Å²) in [5.74, 6) is 2.58. The van der Waals surface area contributed by atoms with Crippen molar-refractivity contribution in [1.29, 1.82) is 0 Å². The summed E-state index contributed by atoms with van der Waals surface area (Å²) in [5.41, 5.74) is 6.09. The van der Waals surface area contributed by atoms with Crippen molar-refractivity contribution in [3.63, 3.8) is 0 Å². The lowest BCUT2D eigenvalue weighted by Gasteiger charge is -2.56. The highest BCUT2D eigenvalue weighted by Crippen LogP contribution is 2.52. The molecule has 14 heteroatoms. The first-order chi connectivity index (χ1) is 29.0. The maximum absolute atomic E-state index is 13.6. The molecule has 1 spiro atoms. The number of hydrogen-bond acceptors (Lipinski definition) is 12. The molecule has 3 saturated heterocycles. The number of para-hydroxylation sites is 1. The van der Waals surface area contributed by atoms with Crippen LogP contribution in [-0.4, -0.2) is 114 Å². The Hall–Kier alpha value is -5.08. The number of piperidine rings is 2. The number of aliphatic hydroxyl groups is 1. The molecule has 4 aromatic heterocycles. The maximum atomic E-state index is 13.6. The number of carbonyl (C=O) groups excluding carboxylic acids is 1. The second kappa shape index (κ2) is 15.4. The van der Waals surface area contributed by atoms with Crippen LogP contribution in [-0.2, 0) is 11.2 Å². The topological polar surface area (TPSA) is 164 Å². The molecule has 60 heavy (non-hydrogen) atoms. The number of β-amino-alcohol motifs (C(OH)–C–C–N with tert-alkyl or cyclic N) is 1. The number of fused-ring (bicyclic) bond motifs is 3. The van der Waals surface area contributed by atoms with Gasteiger partial charge in [-0.25, -0.2) is 9.97 Å². The summed E-state index contributed by atoms with van der Waals surface area (Å²) >= 11 is 0. The van der Waals surface area contributed by atoms with Crippen molar-refractivity contribution < 1.29 is 19.5 Å². The standard InChI is InChI=1S/C46H58N10O4/c1-27(2)41(44(59)56-26-33(57)19-28(56)3)39-21-40(52-60-39)54-17-12-46(13-18-54)22-32(23-46)53-14-9-30(10-15-53)31-24-47-45(48-25-31)55-16-11-36-42(29(55)4)35-20-37(50-51-43(35)49-36)34-7-5-6-8-38(34)58/h5-8,20-21,24-25,27-30,32-33,41,57-58H,9-19,22-23,26H2,1-4H3,(H,49,51)/t28-,29-,33-,41?/m1/s1. The van der Waals surface area contributed by atoms with Gasteiger partial charge in [0.05, 0.1) is 17.8 Å². The monoisotopic (exact) mass is 814 g/mol. The number of carbonyl (C=O) groups is 1. The van der Waals surface area contributed by atoms with Crippen LogP contribution < -0.4 is 9.80 Å². The number of phenols is 1. The number of phenolic OH excluding ortho intramolecular Hbond substituents is 1. The van der Waals surface area contributed by atoms with Gasteiger partial charge in [-0.15, -0.1) is 10.2 Å². The van der Waals surface area contributed by atoms with Crippen LogP contribution in [0.15, 0.2) is 53.3 Å². The number of aromatic nitrogens is 6. The largest absolute Gasteiger partial charge is 0.507 e. The van der Waals surface area contributed by atoms with E-state index < -0.39 is 12.0 Å². The number of hydrogen-bond donors (Lipinski definition) is 3. The number of aromatic amines is 1. The van der Waals surface area contributed by atoms with E-state index in [1.165, 1.54) is 29.7 Å². The van der Waals surface area contributed by atoms with Gasteiger partial charge in [0.1, 0.15) is 11.7 Å². The molecule has 0 bridgehead atoms. The van der Waals surface area contributed by atoms with Crippen molar-refractivity contribution in [2.75, 3.05) is 49.1 Å². The van der Waals surface area contributed by atoms with Crippen LogP contribution in [0.4, 0.5) is 11.8 Å². The molecule has 10 rings (SSSR count). The Morgan fingerprint density at radius 3 is 2.43 bits per heavy atom. The zero-order valence-electron chi connectivity index (χ0n) is 35.3. The van der Waals surface area contributed by atoms with E-state index in [0.717, 1.165) is 87.6 Å². The number of nitrogens with zero attached hydrogens (tertiary/aromatic N) is 9. The molecule has 4 atom stereocenters. The SMILES string of the molecule is CC(C)C(C(=O)N1C[C@H](O)C[C@H]1C)c1cc(N2CCC3(CC2)CC(N2CCC(c4cnc(N5CCc6[nH]c7nnc(-c8ccccc8O)cc7c6[C@H]5C)nc4)CC2)C3)no1. The lowest BCUT2D eigenvalue weighted by Crippen LogP contribution is -2.56. The van der Waals surface area contributed by atoms with E-state index in [4.69, 9.17) is 14.5 Å². The van der Waals surface area contributed by atoms with Gasteiger partial charge in [0.25, 0.3) is 0 Å². The summed E-state index contributed by atoms with van der Waals surface area (Å²) in [6.45, 7) is 13.7. The molecule has 5 aromatic rings. The molecule has 4 fully saturated rings.